The van der Waals surface area contributed by atoms with Crippen molar-refractivity contribution < 1.29 is 0 Å². The van der Waals surface area contributed by atoms with Gasteiger partial charge in [0.25, 0.3) is 0 Å². The number of hydrogen-bond acceptors (Lipinski definition) is 0. The molecule has 1 aromatic rings. The molecule has 0 atom stereocenters. The maximum absolute atomic E-state index is 2.20. The molecule has 1 aromatic carbocycles. The van der Waals surface area contributed by atoms with E-state index >= 15 is 0 Å². The summed E-state index contributed by atoms with van der Waals surface area (Å²) in [6.45, 7) is 6.41. The molecule has 1 rings (SSSR count). The van der Waals surface area contributed by atoms with Crippen molar-refractivity contribution in [3.8, 4) is 0 Å². The lowest BCUT2D eigenvalue weighted by atomic mass is 10.1. The number of allylic oxidation sites excluding steroid dienone is 4. The first-order valence-electron chi connectivity index (χ1n) is 5.03. The lowest BCUT2D eigenvalue weighted by Gasteiger charge is -2.00. The molecule has 0 aliphatic rings. The van der Waals surface area contributed by atoms with Crippen LogP contribution in [0.4, 0.5) is 0 Å². The molecule has 0 aromatic heterocycles. The molecule has 0 heteroatoms. The average molecular weight is 186 g/mol. The first-order chi connectivity index (χ1) is 6.68. The van der Waals surface area contributed by atoms with Gasteiger partial charge >= 0.3 is 0 Å². The maximum Gasteiger partial charge on any atom is -0.00668 e. The van der Waals surface area contributed by atoms with Crippen molar-refractivity contribution in [1.82, 2.24) is 0 Å². The molecule has 0 heterocycles. The molecule has 0 radical (unpaired) electrons. The smallest absolute Gasteiger partial charge is 0.00668 e. The van der Waals surface area contributed by atoms with Gasteiger partial charge in [-0.1, -0.05) is 53.6 Å². The Kier molecular flexibility index (Phi) is 4.18. The Morgan fingerprint density at radius 1 is 1.00 bits per heavy atom. The molecular weight excluding hydrogens is 168 g/mol. The summed E-state index contributed by atoms with van der Waals surface area (Å²) in [6, 6.07) is 10.6. The minimum absolute atomic E-state index is 1.05. The zero-order chi connectivity index (χ0) is 10.4. The van der Waals surface area contributed by atoms with Crippen molar-refractivity contribution in [3.05, 3.63) is 59.2 Å². The predicted molar refractivity (Wildman–Crippen MR) is 63.3 cm³/mol. The summed E-state index contributed by atoms with van der Waals surface area (Å²) in [4.78, 5) is 0. The highest BCUT2D eigenvalue weighted by Crippen LogP contribution is 2.07. The minimum atomic E-state index is 1.05. The number of hydrogen-bond donors (Lipinski definition) is 0. The van der Waals surface area contributed by atoms with Crippen LogP contribution in [0.5, 0.6) is 0 Å². The largest absolute Gasteiger partial charge is 0.0764 e. The van der Waals surface area contributed by atoms with Gasteiger partial charge < -0.3 is 0 Å². The molecule has 0 amide bonds. The molecular formula is C14H18. The van der Waals surface area contributed by atoms with E-state index in [1.54, 1.807) is 0 Å². The Bertz CT molecular complexity index is 324. The maximum atomic E-state index is 2.20. The molecule has 14 heavy (non-hydrogen) atoms. The molecule has 0 saturated heterocycles. The quantitative estimate of drug-likeness (QED) is 0.622. The predicted octanol–water partition coefficient (Wildman–Crippen LogP) is 4.14. The molecule has 74 valence electrons. The lowest BCUT2D eigenvalue weighted by Crippen LogP contribution is -1.85. The third kappa shape index (κ3) is 4.08. The van der Waals surface area contributed by atoms with E-state index in [4.69, 9.17) is 0 Å². The van der Waals surface area contributed by atoms with Crippen LogP contribution < -0.4 is 0 Å². The van der Waals surface area contributed by atoms with Crippen LogP contribution in [-0.2, 0) is 6.42 Å². The summed E-state index contributed by atoms with van der Waals surface area (Å²) < 4.78 is 0. The van der Waals surface area contributed by atoms with E-state index in [-0.39, 0.29) is 0 Å². The van der Waals surface area contributed by atoms with Crippen LogP contribution >= 0.6 is 0 Å². The van der Waals surface area contributed by atoms with E-state index in [0.717, 1.165) is 6.42 Å². The normalized spacial score (nSPS) is 11.2. The second-order valence-corrected chi connectivity index (χ2v) is 3.92. The third-order valence-corrected chi connectivity index (χ3v) is 2.03. The van der Waals surface area contributed by atoms with Gasteiger partial charge in [-0.15, -0.1) is 0 Å². The van der Waals surface area contributed by atoms with Crippen LogP contribution in [0, 0.1) is 0 Å². The first-order valence-corrected chi connectivity index (χ1v) is 5.03. The zero-order valence-electron chi connectivity index (χ0n) is 9.25. The van der Waals surface area contributed by atoms with Gasteiger partial charge in [0, 0.05) is 0 Å². The van der Waals surface area contributed by atoms with Crippen molar-refractivity contribution in [1.29, 1.82) is 0 Å². The number of rotatable bonds is 3. The van der Waals surface area contributed by atoms with Crippen molar-refractivity contribution in [2.24, 2.45) is 0 Å². The molecule has 0 unspecified atom stereocenters. The molecule has 0 saturated carbocycles. The van der Waals surface area contributed by atoms with Gasteiger partial charge in [0.15, 0.2) is 0 Å². The topological polar surface area (TPSA) is 0 Å². The van der Waals surface area contributed by atoms with E-state index in [2.05, 4.69) is 63.3 Å². The van der Waals surface area contributed by atoms with E-state index in [1.165, 1.54) is 16.7 Å². The summed E-state index contributed by atoms with van der Waals surface area (Å²) >= 11 is 0. The lowest BCUT2D eigenvalue weighted by molar-refractivity contribution is 1.14. The molecule has 0 nitrogen and oxygen atoms in total. The second kappa shape index (κ2) is 5.43. The highest BCUT2D eigenvalue weighted by Gasteiger charge is 1.91. The summed E-state index contributed by atoms with van der Waals surface area (Å²) in [6.07, 6.45) is 5.41. The number of benzene rings is 1. The van der Waals surface area contributed by atoms with Crippen LogP contribution in [0.2, 0.25) is 0 Å². The Hall–Kier alpha value is -1.30. The minimum Gasteiger partial charge on any atom is -0.0764 e. The fraction of sp³-hybridized carbons (Fsp3) is 0.286. The summed E-state index contributed by atoms with van der Waals surface area (Å²) in [5.41, 5.74) is 4.12. The van der Waals surface area contributed by atoms with Crippen molar-refractivity contribution in [2.75, 3.05) is 0 Å². The highest BCUT2D eigenvalue weighted by molar-refractivity contribution is 5.23. The van der Waals surface area contributed by atoms with Gasteiger partial charge in [-0.05, 0) is 32.8 Å². The van der Waals surface area contributed by atoms with Gasteiger partial charge in [0.2, 0.25) is 0 Å². The molecule has 0 spiro atoms. The average Bonchev–Trinajstić information content (AvgIpc) is 2.16. The van der Waals surface area contributed by atoms with Crippen molar-refractivity contribution in [2.45, 2.75) is 27.2 Å². The highest BCUT2D eigenvalue weighted by atomic mass is 14.0. The van der Waals surface area contributed by atoms with Crippen molar-refractivity contribution >= 4 is 0 Å². The summed E-state index contributed by atoms with van der Waals surface area (Å²) in [5, 5.41) is 0. The van der Waals surface area contributed by atoms with E-state index in [1.807, 2.05) is 0 Å². The SMILES string of the molecule is CC(C)=C/C=C(\C)Cc1ccccc1. The Morgan fingerprint density at radius 3 is 2.21 bits per heavy atom. The molecule has 0 bridgehead atoms. The zero-order valence-corrected chi connectivity index (χ0v) is 9.25. The molecule has 0 N–H and O–H groups in total. The van der Waals surface area contributed by atoms with E-state index in [0.29, 0.717) is 0 Å². The second-order valence-electron chi connectivity index (χ2n) is 3.92. The monoisotopic (exact) mass is 186 g/mol. The fourth-order valence-electron chi connectivity index (χ4n) is 1.29. The van der Waals surface area contributed by atoms with E-state index < -0.39 is 0 Å². The molecule has 0 fully saturated rings. The third-order valence-electron chi connectivity index (χ3n) is 2.03. The standard InChI is InChI=1S/C14H18/c1-12(2)9-10-13(3)11-14-7-5-4-6-8-14/h4-10H,11H2,1-3H3/b13-10+. The van der Waals surface area contributed by atoms with Gasteiger partial charge in [-0.2, -0.15) is 0 Å². The Morgan fingerprint density at radius 2 is 1.64 bits per heavy atom. The fourth-order valence-corrected chi connectivity index (χ4v) is 1.29. The van der Waals surface area contributed by atoms with Gasteiger partial charge in [-0.3, -0.25) is 0 Å². The van der Waals surface area contributed by atoms with Crippen LogP contribution in [-0.4, -0.2) is 0 Å². The molecule has 0 aliphatic heterocycles. The van der Waals surface area contributed by atoms with Crippen LogP contribution in [0.25, 0.3) is 0 Å². The summed E-state index contributed by atoms with van der Waals surface area (Å²) in [7, 11) is 0. The van der Waals surface area contributed by atoms with Gasteiger partial charge in [0.1, 0.15) is 0 Å². The van der Waals surface area contributed by atoms with Gasteiger partial charge in [0.05, 0.1) is 0 Å². The Labute approximate surface area is 87.0 Å². The first kappa shape index (κ1) is 10.8. The Balaban J connectivity index is 2.62. The van der Waals surface area contributed by atoms with Crippen molar-refractivity contribution in [3.63, 3.8) is 0 Å². The van der Waals surface area contributed by atoms with Crippen LogP contribution in [0.1, 0.15) is 26.3 Å². The van der Waals surface area contributed by atoms with Crippen LogP contribution in [0.15, 0.2) is 53.6 Å². The summed E-state index contributed by atoms with van der Waals surface area (Å²) in [5.74, 6) is 0. The van der Waals surface area contributed by atoms with Gasteiger partial charge in [-0.25, -0.2) is 0 Å². The van der Waals surface area contributed by atoms with Crippen LogP contribution in [0.3, 0.4) is 0 Å². The van der Waals surface area contributed by atoms with E-state index in [9.17, 15) is 0 Å². The molecule has 0 aliphatic carbocycles.